The Morgan fingerprint density at radius 2 is 2.03 bits per heavy atom. The van der Waals surface area contributed by atoms with Crippen LogP contribution in [0.5, 0.6) is 5.75 Å². The molecule has 0 amide bonds. The summed E-state index contributed by atoms with van der Waals surface area (Å²) in [7, 11) is -4.21. The van der Waals surface area contributed by atoms with Gasteiger partial charge in [-0.15, -0.1) is 0 Å². The molecule has 1 aromatic carbocycles. The van der Waals surface area contributed by atoms with Crippen LogP contribution in [0.15, 0.2) is 51.1 Å². The molecule has 2 fully saturated rings. The summed E-state index contributed by atoms with van der Waals surface area (Å²) in [6.45, 7) is 1.48. The van der Waals surface area contributed by atoms with E-state index in [0.717, 1.165) is 12.8 Å². The van der Waals surface area contributed by atoms with Crippen molar-refractivity contribution >= 4 is 35.7 Å². The number of esters is 1. The summed E-state index contributed by atoms with van der Waals surface area (Å²) < 4.78 is 37.9. The number of H-pyrrole nitrogens is 1. The van der Waals surface area contributed by atoms with Crippen LogP contribution in [0.2, 0.25) is 0 Å². The third kappa shape index (κ3) is 6.97. The highest BCUT2D eigenvalue weighted by molar-refractivity contribution is 9.11. The predicted molar refractivity (Wildman–Crippen MR) is 145 cm³/mol. The van der Waals surface area contributed by atoms with Crippen molar-refractivity contribution in [2.75, 3.05) is 13.2 Å². The molecule has 1 unspecified atom stereocenters. The fourth-order valence-electron chi connectivity index (χ4n) is 4.68. The number of halogens is 1. The predicted octanol–water partition coefficient (Wildman–Crippen LogP) is 3.22. The van der Waals surface area contributed by atoms with Crippen molar-refractivity contribution in [3.8, 4) is 5.75 Å². The monoisotopic (exact) mass is 627 g/mol. The molecular weight excluding hydrogens is 597 g/mol. The number of nitrogens with zero attached hydrogens (tertiary/aromatic N) is 1. The topological polar surface area (TPSA) is 158 Å². The van der Waals surface area contributed by atoms with Crippen LogP contribution in [0.4, 0.5) is 0 Å². The van der Waals surface area contributed by atoms with Crippen LogP contribution in [0.1, 0.15) is 50.8 Å². The summed E-state index contributed by atoms with van der Waals surface area (Å²) in [6.07, 6.45) is 2.06. The van der Waals surface area contributed by atoms with Crippen LogP contribution in [-0.4, -0.2) is 51.6 Å². The maximum atomic E-state index is 14.1. The van der Waals surface area contributed by atoms with Crippen LogP contribution < -0.4 is 20.9 Å². The lowest BCUT2D eigenvalue weighted by molar-refractivity contribution is -0.150. The fraction of sp³-hybridized carbons (Fsp3) is 0.480. The molecule has 0 spiro atoms. The van der Waals surface area contributed by atoms with E-state index in [-0.39, 0.29) is 30.9 Å². The van der Waals surface area contributed by atoms with Crippen molar-refractivity contribution in [1.29, 1.82) is 0 Å². The van der Waals surface area contributed by atoms with Crippen molar-refractivity contribution in [2.24, 2.45) is 0 Å². The molecule has 1 aliphatic heterocycles. The zero-order valence-corrected chi connectivity index (χ0v) is 23.8. The van der Waals surface area contributed by atoms with Crippen molar-refractivity contribution in [2.45, 2.75) is 63.0 Å². The Hall–Kier alpha value is -2.54. The number of aliphatic hydroxyl groups is 1. The average molecular weight is 628 g/mol. The second-order valence-corrected chi connectivity index (χ2v) is 11.5. The number of carbonyl (C=O) groups is 1. The summed E-state index contributed by atoms with van der Waals surface area (Å²) in [5.74, 6) is -0.283. The second-order valence-electron chi connectivity index (χ2n) is 9.29. The average Bonchev–Trinajstić information content (AvgIpc) is 3.52. The second kappa shape index (κ2) is 12.8. The quantitative estimate of drug-likeness (QED) is 0.249. The van der Waals surface area contributed by atoms with E-state index in [4.69, 9.17) is 18.5 Å². The lowest BCUT2D eigenvalue weighted by Gasteiger charge is -2.32. The number of para-hydroxylation sites is 1. The van der Waals surface area contributed by atoms with Crippen molar-refractivity contribution in [3.63, 3.8) is 0 Å². The van der Waals surface area contributed by atoms with Gasteiger partial charge in [0.1, 0.15) is 23.6 Å². The largest absolute Gasteiger partial charge is 0.465 e. The first kappa shape index (κ1) is 29.4. The highest BCUT2D eigenvalue weighted by Crippen LogP contribution is 2.50. The number of hydrogen-bond acceptors (Lipinski definition) is 9. The molecule has 1 aromatic heterocycles. The lowest BCUT2D eigenvalue weighted by atomic mass is 10.00. The first-order chi connectivity index (χ1) is 18.7. The third-order valence-electron chi connectivity index (χ3n) is 6.60. The molecule has 2 aliphatic rings. The van der Waals surface area contributed by atoms with Crippen LogP contribution in [-0.2, 0) is 23.4 Å². The number of benzene rings is 1. The molecule has 212 valence electrons. The van der Waals surface area contributed by atoms with Gasteiger partial charge in [-0.25, -0.2) is 9.36 Å². The molecule has 4 atom stereocenters. The molecule has 4 rings (SSSR count). The molecule has 1 saturated heterocycles. The molecule has 12 nitrogen and oxygen atoms in total. The minimum absolute atomic E-state index is 0.0154. The Balaban J connectivity index is 1.54. The van der Waals surface area contributed by atoms with Crippen molar-refractivity contribution < 1.29 is 33.0 Å². The Morgan fingerprint density at radius 1 is 1.31 bits per heavy atom. The molecule has 1 aliphatic carbocycles. The fourth-order valence-corrected chi connectivity index (χ4v) is 6.71. The van der Waals surface area contributed by atoms with E-state index in [1.54, 1.807) is 37.3 Å². The Bertz CT molecular complexity index is 1340. The number of nitrogens with one attached hydrogen (secondary N) is 2. The SMILES string of the molecule is CCOC(=O)C1(NP(=O)(OC[C@H]2O[C@@H](n3cc(/C=C/Br)c(=O)[nH]c3=O)C[C@@H]2O)Oc2ccccc2)CCCC1. The Labute approximate surface area is 233 Å². The van der Waals surface area contributed by atoms with E-state index >= 15 is 0 Å². The molecule has 3 N–H and O–H groups in total. The first-order valence-electron chi connectivity index (χ1n) is 12.6. The van der Waals surface area contributed by atoms with Gasteiger partial charge in [0.05, 0.1) is 24.9 Å². The summed E-state index contributed by atoms with van der Waals surface area (Å²) in [5.41, 5.74) is -2.32. The summed E-state index contributed by atoms with van der Waals surface area (Å²) >= 11 is 3.10. The smallest absolute Gasteiger partial charge is 0.459 e. The molecule has 2 heterocycles. The van der Waals surface area contributed by atoms with E-state index in [1.165, 1.54) is 21.8 Å². The Kier molecular flexibility index (Phi) is 9.63. The van der Waals surface area contributed by atoms with Crippen molar-refractivity contribution in [1.82, 2.24) is 14.6 Å². The maximum Gasteiger partial charge on any atom is 0.459 e. The van der Waals surface area contributed by atoms with Gasteiger partial charge in [0.15, 0.2) is 0 Å². The van der Waals surface area contributed by atoms with Gasteiger partial charge in [0, 0.05) is 12.6 Å². The minimum atomic E-state index is -4.21. The lowest BCUT2D eigenvalue weighted by Crippen LogP contribution is -2.50. The van der Waals surface area contributed by atoms with Gasteiger partial charge in [-0.1, -0.05) is 47.0 Å². The van der Waals surface area contributed by atoms with Crippen LogP contribution >= 0.6 is 23.7 Å². The molecule has 1 saturated carbocycles. The van der Waals surface area contributed by atoms with E-state index in [9.17, 15) is 24.1 Å². The van der Waals surface area contributed by atoms with Crippen LogP contribution in [0.3, 0.4) is 0 Å². The standard InChI is InChI=1S/C25H31BrN3O9P/c1-2-35-23(32)25(11-6-7-12-25)28-39(34,38-18-8-4-3-5-9-18)36-16-20-19(30)14-21(37-20)29-15-17(10-13-26)22(31)27-24(29)33/h3-5,8-10,13,15,19-21,30H,2,6-7,11-12,14,16H2,1H3,(H,28,34)(H,27,31,33)/b13-10+/t19-,20+,21+,39?/m0/s1. The first-order valence-corrected chi connectivity index (χ1v) is 15.1. The summed E-state index contributed by atoms with van der Waals surface area (Å²) in [6, 6.07) is 8.37. The summed E-state index contributed by atoms with van der Waals surface area (Å²) in [4.78, 5) is 41.0. The van der Waals surface area contributed by atoms with Gasteiger partial charge < -0.3 is 19.1 Å². The highest BCUT2D eigenvalue weighted by atomic mass is 79.9. The van der Waals surface area contributed by atoms with E-state index in [0.29, 0.717) is 12.8 Å². The maximum absolute atomic E-state index is 14.1. The summed E-state index contributed by atoms with van der Waals surface area (Å²) in [5, 5.41) is 13.5. The van der Waals surface area contributed by atoms with E-state index in [1.807, 2.05) is 0 Å². The van der Waals surface area contributed by atoms with Gasteiger partial charge in [0.2, 0.25) is 0 Å². The minimum Gasteiger partial charge on any atom is -0.465 e. The van der Waals surface area contributed by atoms with Gasteiger partial charge in [-0.2, -0.15) is 5.09 Å². The number of aromatic nitrogens is 2. The number of carbonyl (C=O) groups excluding carboxylic acids is 1. The molecule has 0 bridgehead atoms. The molecular formula is C25H31BrN3O9P. The molecule has 14 heteroatoms. The van der Waals surface area contributed by atoms with Crippen molar-refractivity contribution in [3.05, 3.63) is 67.9 Å². The van der Waals surface area contributed by atoms with Crippen LogP contribution in [0.25, 0.3) is 6.08 Å². The van der Waals surface area contributed by atoms with Gasteiger partial charge in [0.25, 0.3) is 5.56 Å². The number of ether oxygens (including phenoxy) is 2. The third-order valence-corrected chi connectivity index (χ3v) is 8.51. The number of aromatic amines is 1. The van der Waals surface area contributed by atoms with Gasteiger partial charge in [-0.3, -0.25) is 23.7 Å². The van der Waals surface area contributed by atoms with E-state index in [2.05, 4.69) is 26.0 Å². The Morgan fingerprint density at radius 3 is 2.69 bits per heavy atom. The van der Waals surface area contributed by atoms with Gasteiger partial charge >= 0.3 is 19.4 Å². The molecule has 39 heavy (non-hydrogen) atoms. The zero-order chi connectivity index (χ0) is 28.0. The van der Waals surface area contributed by atoms with Gasteiger partial charge in [-0.05, 0) is 43.0 Å². The molecule has 0 radical (unpaired) electrons. The van der Waals surface area contributed by atoms with Crippen LogP contribution in [0, 0.1) is 0 Å². The molecule has 2 aromatic rings. The highest BCUT2D eigenvalue weighted by Gasteiger charge is 2.49. The van der Waals surface area contributed by atoms with E-state index < -0.39 is 48.9 Å². The number of rotatable bonds is 11. The number of hydrogen-bond donors (Lipinski definition) is 3. The zero-order valence-electron chi connectivity index (χ0n) is 21.3. The normalized spacial score (nSPS) is 24.0. The number of aliphatic hydroxyl groups excluding tert-OH is 1.